The van der Waals surface area contributed by atoms with E-state index in [1.807, 2.05) is 0 Å². The number of benzene rings is 2. The minimum atomic E-state index is -3.92. The van der Waals surface area contributed by atoms with Crippen LogP contribution in [0.1, 0.15) is 11.1 Å². The van der Waals surface area contributed by atoms with Crippen molar-refractivity contribution in [3.8, 4) is 0 Å². The van der Waals surface area contributed by atoms with Gasteiger partial charge in [0.2, 0.25) is 0 Å². The van der Waals surface area contributed by atoms with Gasteiger partial charge >= 0.3 is 0 Å². The van der Waals surface area contributed by atoms with E-state index in [9.17, 15) is 17.2 Å². The van der Waals surface area contributed by atoms with Gasteiger partial charge in [-0.15, -0.1) is 0 Å². The highest BCUT2D eigenvalue weighted by Crippen LogP contribution is 2.25. The highest BCUT2D eigenvalue weighted by Gasteiger charge is 2.22. The van der Waals surface area contributed by atoms with E-state index >= 15 is 0 Å². The molecule has 0 aromatic heterocycles. The predicted molar refractivity (Wildman–Crippen MR) is 72.8 cm³/mol. The molecule has 0 atom stereocenters. The number of nitrogen functional groups attached to an aromatic ring is 1. The summed E-state index contributed by atoms with van der Waals surface area (Å²) in [4.78, 5) is -0.111. The zero-order valence-electron chi connectivity index (χ0n) is 10.7. The van der Waals surface area contributed by atoms with Gasteiger partial charge in [0, 0.05) is 5.56 Å². The number of rotatable bonds is 3. The van der Waals surface area contributed by atoms with Crippen molar-refractivity contribution in [2.75, 3.05) is 5.73 Å². The molecule has 0 saturated carbocycles. The number of halogens is 2. The van der Waals surface area contributed by atoms with Gasteiger partial charge in [0.25, 0.3) is 0 Å². The Morgan fingerprint density at radius 2 is 1.70 bits per heavy atom. The van der Waals surface area contributed by atoms with E-state index in [-0.39, 0.29) is 10.6 Å². The molecule has 6 heteroatoms. The highest BCUT2D eigenvalue weighted by atomic mass is 32.2. The molecule has 2 aromatic carbocycles. The van der Waals surface area contributed by atoms with Crippen molar-refractivity contribution in [1.29, 1.82) is 0 Å². The number of anilines is 1. The van der Waals surface area contributed by atoms with E-state index in [0.717, 1.165) is 12.1 Å². The van der Waals surface area contributed by atoms with Crippen molar-refractivity contribution < 1.29 is 17.2 Å². The summed E-state index contributed by atoms with van der Waals surface area (Å²) in [7, 11) is -3.92. The van der Waals surface area contributed by atoms with Crippen LogP contribution in [0.5, 0.6) is 0 Å². The molecule has 0 spiro atoms. The number of hydrogen-bond acceptors (Lipinski definition) is 3. The third-order valence-corrected chi connectivity index (χ3v) is 4.59. The van der Waals surface area contributed by atoms with Crippen molar-refractivity contribution in [2.45, 2.75) is 17.6 Å². The van der Waals surface area contributed by atoms with Crippen LogP contribution >= 0.6 is 0 Å². The molecule has 0 fully saturated rings. The Morgan fingerprint density at radius 1 is 1.10 bits per heavy atom. The maximum Gasteiger partial charge on any atom is 0.184 e. The smallest absolute Gasteiger partial charge is 0.184 e. The zero-order valence-corrected chi connectivity index (χ0v) is 11.5. The molecule has 0 aliphatic carbocycles. The lowest BCUT2D eigenvalue weighted by molar-refractivity contribution is 0.556. The summed E-state index contributed by atoms with van der Waals surface area (Å²) in [6, 6.07) is 7.74. The van der Waals surface area contributed by atoms with Crippen molar-refractivity contribution in [1.82, 2.24) is 0 Å². The maximum atomic E-state index is 13.5. The van der Waals surface area contributed by atoms with Gasteiger partial charge in [0.15, 0.2) is 9.84 Å². The molecule has 20 heavy (non-hydrogen) atoms. The minimum Gasteiger partial charge on any atom is -0.398 e. The predicted octanol–water partition coefficient (Wildman–Crippen LogP) is 2.83. The van der Waals surface area contributed by atoms with E-state index in [1.165, 1.54) is 18.2 Å². The van der Waals surface area contributed by atoms with Crippen LogP contribution in [-0.2, 0) is 15.6 Å². The molecule has 106 valence electrons. The van der Waals surface area contributed by atoms with Crippen LogP contribution in [0.2, 0.25) is 0 Å². The van der Waals surface area contributed by atoms with Crippen molar-refractivity contribution in [3.05, 3.63) is 59.2 Å². The second-order valence-electron chi connectivity index (χ2n) is 4.50. The summed E-state index contributed by atoms with van der Waals surface area (Å²) >= 11 is 0. The summed E-state index contributed by atoms with van der Waals surface area (Å²) in [6.45, 7) is 1.71. The fraction of sp³-hybridized carbons (Fsp3) is 0.143. The first-order valence-electron chi connectivity index (χ1n) is 5.83. The van der Waals surface area contributed by atoms with E-state index in [1.54, 1.807) is 13.0 Å². The molecule has 0 bridgehead atoms. The second kappa shape index (κ2) is 5.20. The molecule has 0 saturated heterocycles. The quantitative estimate of drug-likeness (QED) is 0.886. The van der Waals surface area contributed by atoms with E-state index in [0.29, 0.717) is 5.56 Å². The molecule has 2 aromatic rings. The van der Waals surface area contributed by atoms with Gasteiger partial charge in [-0.05, 0) is 36.8 Å². The molecule has 2 rings (SSSR count). The first-order chi connectivity index (χ1) is 9.31. The third-order valence-electron chi connectivity index (χ3n) is 2.90. The average molecular weight is 297 g/mol. The summed E-state index contributed by atoms with van der Waals surface area (Å²) in [5, 5.41) is 0. The molecule has 2 N–H and O–H groups in total. The Labute approximate surface area is 116 Å². The number of hydrogen-bond donors (Lipinski definition) is 1. The van der Waals surface area contributed by atoms with Gasteiger partial charge in [-0.3, -0.25) is 0 Å². The van der Waals surface area contributed by atoms with Crippen LogP contribution in [0.15, 0.2) is 41.3 Å². The van der Waals surface area contributed by atoms with Crippen LogP contribution in [-0.4, -0.2) is 8.42 Å². The summed E-state index contributed by atoms with van der Waals surface area (Å²) in [5.41, 5.74) is 5.92. The van der Waals surface area contributed by atoms with Crippen LogP contribution < -0.4 is 5.73 Å². The number of aryl methyl sites for hydroxylation is 1. The van der Waals surface area contributed by atoms with Gasteiger partial charge in [0.1, 0.15) is 11.6 Å². The molecular weight excluding hydrogens is 284 g/mol. The van der Waals surface area contributed by atoms with Gasteiger partial charge < -0.3 is 5.73 Å². The minimum absolute atomic E-state index is 0.0624. The average Bonchev–Trinajstić information content (AvgIpc) is 2.37. The molecule has 0 amide bonds. The lowest BCUT2D eigenvalue weighted by Crippen LogP contribution is -2.10. The molecule has 0 aliphatic rings. The van der Waals surface area contributed by atoms with Gasteiger partial charge in [-0.1, -0.05) is 12.1 Å². The van der Waals surface area contributed by atoms with E-state index in [2.05, 4.69) is 0 Å². The normalized spacial score (nSPS) is 11.6. The summed E-state index contributed by atoms with van der Waals surface area (Å²) in [5.74, 6) is -2.54. The Balaban J connectivity index is 2.49. The second-order valence-corrected chi connectivity index (χ2v) is 6.46. The van der Waals surface area contributed by atoms with E-state index < -0.39 is 32.8 Å². The van der Waals surface area contributed by atoms with Crippen LogP contribution in [0.25, 0.3) is 0 Å². The van der Waals surface area contributed by atoms with Crippen LogP contribution in [0.3, 0.4) is 0 Å². The molecular formula is C14H13F2NO2S. The van der Waals surface area contributed by atoms with Crippen molar-refractivity contribution in [2.24, 2.45) is 0 Å². The van der Waals surface area contributed by atoms with Gasteiger partial charge in [0.05, 0.1) is 16.3 Å². The van der Waals surface area contributed by atoms with Gasteiger partial charge in [-0.25, -0.2) is 17.2 Å². The Kier molecular flexibility index (Phi) is 3.76. The molecule has 0 unspecified atom stereocenters. The largest absolute Gasteiger partial charge is 0.398 e. The zero-order chi connectivity index (χ0) is 14.9. The third kappa shape index (κ3) is 2.80. The lowest BCUT2D eigenvalue weighted by Gasteiger charge is -2.10. The van der Waals surface area contributed by atoms with Crippen LogP contribution in [0, 0.1) is 18.6 Å². The maximum absolute atomic E-state index is 13.5. The standard InChI is InChI=1S/C14H13F2NO2S/c1-9-5-6-13(17)14(7-9)20(18,19)8-10-11(15)3-2-4-12(10)16/h2-7H,8,17H2,1H3. The monoisotopic (exact) mass is 297 g/mol. The topological polar surface area (TPSA) is 60.2 Å². The SMILES string of the molecule is Cc1ccc(N)c(S(=O)(=O)Cc2c(F)cccc2F)c1. The van der Waals surface area contributed by atoms with E-state index in [4.69, 9.17) is 5.73 Å². The Hall–Kier alpha value is -1.95. The van der Waals surface area contributed by atoms with Crippen molar-refractivity contribution >= 4 is 15.5 Å². The number of sulfone groups is 1. The summed E-state index contributed by atoms with van der Waals surface area (Å²) in [6.07, 6.45) is 0. The Morgan fingerprint density at radius 3 is 2.30 bits per heavy atom. The van der Waals surface area contributed by atoms with Gasteiger partial charge in [-0.2, -0.15) is 0 Å². The Bertz CT molecular complexity index is 738. The first kappa shape index (κ1) is 14.5. The fourth-order valence-corrected chi connectivity index (χ4v) is 3.45. The molecule has 0 aliphatic heterocycles. The summed E-state index contributed by atoms with van der Waals surface area (Å²) < 4.78 is 51.6. The molecule has 0 radical (unpaired) electrons. The lowest BCUT2D eigenvalue weighted by atomic mass is 10.2. The highest BCUT2D eigenvalue weighted by molar-refractivity contribution is 7.90. The van der Waals surface area contributed by atoms with Crippen molar-refractivity contribution in [3.63, 3.8) is 0 Å². The number of nitrogens with two attached hydrogens (primary N) is 1. The molecule has 0 heterocycles. The molecule has 3 nitrogen and oxygen atoms in total. The first-order valence-corrected chi connectivity index (χ1v) is 7.48. The fourth-order valence-electron chi connectivity index (χ4n) is 1.85. The van der Waals surface area contributed by atoms with Crippen LogP contribution in [0.4, 0.5) is 14.5 Å².